The van der Waals surface area contributed by atoms with Crippen LogP contribution < -0.4 is 0 Å². The molecule has 0 aromatic carbocycles. The Kier molecular flexibility index (Phi) is 3.68. The molecule has 0 radical (unpaired) electrons. The van der Waals surface area contributed by atoms with Crippen LogP contribution in [-0.2, 0) is 14.3 Å². The molecule has 1 aliphatic rings. The minimum atomic E-state index is -0.317. The van der Waals surface area contributed by atoms with E-state index in [1.54, 1.807) is 6.08 Å². The predicted octanol–water partition coefficient (Wildman–Crippen LogP) is 1.33. The van der Waals surface area contributed by atoms with E-state index in [4.69, 9.17) is 0 Å². The monoisotopic (exact) mass is 182 g/mol. The number of carbonyl (C=O) groups is 2. The van der Waals surface area contributed by atoms with Crippen molar-refractivity contribution in [1.29, 1.82) is 0 Å². The van der Waals surface area contributed by atoms with E-state index in [0.717, 1.165) is 25.5 Å². The van der Waals surface area contributed by atoms with Crippen molar-refractivity contribution in [3.8, 4) is 0 Å². The molecule has 1 saturated carbocycles. The molecule has 0 saturated heterocycles. The summed E-state index contributed by atoms with van der Waals surface area (Å²) in [7, 11) is 1.36. The highest BCUT2D eigenvalue weighted by Gasteiger charge is 2.35. The number of methoxy groups -OCH3 is 1. The van der Waals surface area contributed by atoms with Crippen LogP contribution in [0.2, 0.25) is 0 Å². The van der Waals surface area contributed by atoms with Crippen molar-refractivity contribution in [2.45, 2.75) is 19.3 Å². The highest BCUT2D eigenvalue weighted by molar-refractivity contribution is 5.81. The SMILES string of the molecule is COC(=O)/C=C/CC[C@@H]1C[C@H]1C=O. The molecule has 3 nitrogen and oxygen atoms in total. The molecule has 0 spiro atoms. The summed E-state index contributed by atoms with van der Waals surface area (Å²) in [4.78, 5) is 20.9. The molecule has 0 heterocycles. The fourth-order valence-corrected chi connectivity index (χ4v) is 1.33. The van der Waals surface area contributed by atoms with Gasteiger partial charge in [0.15, 0.2) is 0 Å². The topological polar surface area (TPSA) is 43.4 Å². The van der Waals surface area contributed by atoms with E-state index >= 15 is 0 Å². The van der Waals surface area contributed by atoms with Gasteiger partial charge in [-0.2, -0.15) is 0 Å². The molecule has 3 heteroatoms. The largest absolute Gasteiger partial charge is 0.466 e. The minimum absolute atomic E-state index is 0.284. The van der Waals surface area contributed by atoms with Gasteiger partial charge in [-0.05, 0) is 25.2 Å². The smallest absolute Gasteiger partial charge is 0.330 e. The molecule has 0 bridgehead atoms. The van der Waals surface area contributed by atoms with E-state index in [2.05, 4.69) is 4.74 Å². The molecule has 1 aliphatic carbocycles. The van der Waals surface area contributed by atoms with E-state index in [1.165, 1.54) is 13.2 Å². The van der Waals surface area contributed by atoms with Gasteiger partial charge in [0, 0.05) is 12.0 Å². The van der Waals surface area contributed by atoms with Gasteiger partial charge in [0.05, 0.1) is 7.11 Å². The summed E-state index contributed by atoms with van der Waals surface area (Å²) in [6.45, 7) is 0. The standard InChI is InChI=1S/C10H14O3/c1-13-10(12)5-3-2-4-8-6-9(8)7-11/h3,5,7-9H,2,4,6H2,1H3/b5-3+/t8-,9+/m1/s1. The number of aldehydes is 1. The molecular weight excluding hydrogens is 168 g/mol. The van der Waals surface area contributed by atoms with Gasteiger partial charge in [-0.15, -0.1) is 0 Å². The first-order chi connectivity index (χ1) is 6.27. The van der Waals surface area contributed by atoms with Crippen molar-refractivity contribution in [2.75, 3.05) is 7.11 Å². The van der Waals surface area contributed by atoms with Gasteiger partial charge in [0.1, 0.15) is 6.29 Å². The van der Waals surface area contributed by atoms with Gasteiger partial charge >= 0.3 is 5.97 Å². The molecule has 0 aromatic rings. The van der Waals surface area contributed by atoms with Crippen LogP contribution in [0, 0.1) is 11.8 Å². The Morgan fingerprint density at radius 1 is 1.62 bits per heavy atom. The summed E-state index contributed by atoms with van der Waals surface area (Å²) in [5, 5.41) is 0. The lowest BCUT2D eigenvalue weighted by molar-refractivity contribution is -0.134. The second-order valence-electron chi connectivity index (χ2n) is 3.30. The molecule has 0 unspecified atom stereocenters. The summed E-state index contributed by atoms with van der Waals surface area (Å²) >= 11 is 0. The molecule has 2 atom stereocenters. The van der Waals surface area contributed by atoms with E-state index in [9.17, 15) is 9.59 Å². The first kappa shape index (κ1) is 9.96. The van der Waals surface area contributed by atoms with Crippen LogP contribution in [0.5, 0.6) is 0 Å². The number of hydrogen-bond acceptors (Lipinski definition) is 3. The highest BCUT2D eigenvalue weighted by Crippen LogP contribution is 2.40. The van der Waals surface area contributed by atoms with Crippen LogP contribution in [0.4, 0.5) is 0 Å². The Morgan fingerprint density at radius 2 is 2.38 bits per heavy atom. The lowest BCUT2D eigenvalue weighted by Gasteiger charge is -1.91. The summed E-state index contributed by atoms with van der Waals surface area (Å²) in [6, 6.07) is 0. The van der Waals surface area contributed by atoms with Crippen LogP contribution in [0.1, 0.15) is 19.3 Å². The Labute approximate surface area is 77.8 Å². The third-order valence-electron chi connectivity index (χ3n) is 2.31. The van der Waals surface area contributed by atoms with E-state index in [0.29, 0.717) is 5.92 Å². The number of allylic oxidation sites excluding steroid dienone is 1. The molecule has 13 heavy (non-hydrogen) atoms. The van der Waals surface area contributed by atoms with Crippen molar-refractivity contribution in [2.24, 2.45) is 11.8 Å². The lowest BCUT2D eigenvalue weighted by Crippen LogP contribution is -1.93. The van der Waals surface area contributed by atoms with Crippen molar-refractivity contribution >= 4 is 12.3 Å². The molecule has 0 aromatic heterocycles. The Morgan fingerprint density at radius 3 is 2.92 bits per heavy atom. The second-order valence-corrected chi connectivity index (χ2v) is 3.30. The summed E-state index contributed by atoms with van der Waals surface area (Å²) in [6.07, 6.45) is 7.12. The first-order valence-corrected chi connectivity index (χ1v) is 4.47. The Bertz CT molecular complexity index is 220. The maximum absolute atomic E-state index is 10.6. The first-order valence-electron chi connectivity index (χ1n) is 4.47. The highest BCUT2D eigenvalue weighted by atomic mass is 16.5. The Balaban J connectivity index is 2.05. The van der Waals surface area contributed by atoms with Crippen LogP contribution >= 0.6 is 0 Å². The zero-order valence-electron chi connectivity index (χ0n) is 7.73. The van der Waals surface area contributed by atoms with Gasteiger partial charge in [0.2, 0.25) is 0 Å². The third kappa shape index (κ3) is 3.40. The van der Waals surface area contributed by atoms with E-state index in [1.807, 2.05) is 0 Å². The van der Waals surface area contributed by atoms with Crippen LogP contribution in [0.3, 0.4) is 0 Å². The quantitative estimate of drug-likeness (QED) is 0.366. The number of hydrogen-bond donors (Lipinski definition) is 0. The zero-order valence-corrected chi connectivity index (χ0v) is 7.73. The molecule has 72 valence electrons. The van der Waals surface area contributed by atoms with Gasteiger partial charge in [0.25, 0.3) is 0 Å². The normalized spacial score (nSPS) is 25.9. The van der Waals surface area contributed by atoms with Crippen LogP contribution in [0.15, 0.2) is 12.2 Å². The average Bonchev–Trinajstić information content (AvgIpc) is 2.90. The number of rotatable bonds is 5. The fourth-order valence-electron chi connectivity index (χ4n) is 1.33. The molecule has 0 amide bonds. The van der Waals surface area contributed by atoms with Crippen molar-refractivity contribution in [1.82, 2.24) is 0 Å². The number of carbonyl (C=O) groups excluding carboxylic acids is 2. The Hall–Kier alpha value is -1.12. The maximum atomic E-state index is 10.6. The maximum Gasteiger partial charge on any atom is 0.330 e. The third-order valence-corrected chi connectivity index (χ3v) is 2.31. The fraction of sp³-hybridized carbons (Fsp3) is 0.600. The number of esters is 1. The molecule has 1 rings (SSSR count). The lowest BCUT2D eigenvalue weighted by atomic mass is 10.2. The number of ether oxygens (including phenoxy) is 1. The summed E-state index contributed by atoms with van der Waals surface area (Å²) in [5.41, 5.74) is 0. The van der Waals surface area contributed by atoms with E-state index in [-0.39, 0.29) is 11.9 Å². The van der Waals surface area contributed by atoms with Gasteiger partial charge in [-0.1, -0.05) is 6.08 Å². The van der Waals surface area contributed by atoms with Crippen molar-refractivity contribution in [3.63, 3.8) is 0 Å². The van der Waals surface area contributed by atoms with E-state index < -0.39 is 0 Å². The molecule has 0 N–H and O–H groups in total. The summed E-state index contributed by atoms with van der Waals surface area (Å²) < 4.78 is 4.43. The van der Waals surface area contributed by atoms with Crippen molar-refractivity contribution < 1.29 is 14.3 Å². The second kappa shape index (κ2) is 4.80. The molecule has 0 aliphatic heterocycles. The molecular formula is C10H14O3. The predicted molar refractivity (Wildman–Crippen MR) is 48.1 cm³/mol. The van der Waals surface area contributed by atoms with Crippen LogP contribution in [-0.4, -0.2) is 19.4 Å². The van der Waals surface area contributed by atoms with Gasteiger partial charge in [-0.3, -0.25) is 0 Å². The average molecular weight is 182 g/mol. The zero-order chi connectivity index (χ0) is 9.68. The van der Waals surface area contributed by atoms with Gasteiger partial charge in [-0.25, -0.2) is 4.79 Å². The van der Waals surface area contributed by atoms with Crippen LogP contribution in [0.25, 0.3) is 0 Å². The van der Waals surface area contributed by atoms with Gasteiger partial charge < -0.3 is 9.53 Å². The molecule has 1 fully saturated rings. The minimum Gasteiger partial charge on any atom is -0.466 e. The van der Waals surface area contributed by atoms with Crippen molar-refractivity contribution in [3.05, 3.63) is 12.2 Å². The summed E-state index contributed by atoms with van der Waals surface area (Å²) in [5.74, 6) is 0.522.